The van der Waals surface area contributed by atoms with Gasteiger partial charge in [0.05, 0.1) is 11.1 Å². The van der Waals surface area contributed by atoms with Gasteiger partial charge in [-0.1, -0.05) is 35.5 Å². The Balaban J connectivity index is 2.41. The quantitative estimate of drug-likeness (QED) is 0.724. The number of benzene rings is 1. The van der Waals surface area contributed by atoms with Crippen LogP contribution in [0.1, 0.15) is 28.0 Å². The van der Waals surface area contributed by atoms with Crippen molar-refractivity contribution in [2.24, 2.45) is 0 Å². The van der Waals surface area contributed by atoms with Crippen molar-refractivity contribution in [3.63, 3.8) is 0 Å². The number of aromatic nitrogens is 1. The average molecular weight is 222 g/mol. The van der Waals surface area contributed by atoms with Crippen LogP contribution in [0.2, 0.25) is 0 Å². The summed E-state index contributed by atoms with van der Waals surface area (Å²) in [5.41, 5.74) is 2.90. The molecule has 1 unspecified atom stereocenters. The molecule has 0 radical (unpaired) electrons. The molecule has 2 rings (SSSR count). The smallest absolute Gasteiger partial charge is 0.138 e. The zero-order chi connectivity index (χ0) is 10.8. The van der Waals surface area contributed by atoms with E-state index in [1.807, 2.05) is 44.2 Å². The van der Waals surface area contributed by atoms with Gasteiger partial charge in [0.1, 0.15) is 5.76 Å². The fourth-order valence-electron chi connectivity index (χ4n) is 1.64. The molecule has 1 aromatic carbocycles. The molecule has 0 N–H and O–H groups in total. The standard InChI is InChI=1S/C12H12ClNO/c1-8-11(9(2)15-14-8)12(13)10-6-4-3-5-7-10/h3-7,12H,1-2H3. The van der Waals surface area contributed by atoms with Crippen molar-refractivity contribution in [1.29, 1.82) is 0 Å². The maximum absolute atomic E-state index is 6.38. The molecule has 78 valence electrons. The Morgan fingerprint density at radius 3 is 2.40 bits per heavy atom. The molecule has 2 aromatic rings. The normalized spacial score (nSPS) is 12.7. The van der Waals surface area contributed by atoms with Gasteiger partial charge < -0.3 is 4.52 Å². The number of halogens is 1. The second kappa shape index (κ2) is 4.07. The maximum atomic E-state index is 6.38. The molecule has 0 saturated heterocycles. The van der Waals surface area contributed by atoms with Crippen molar-refractivity contribution in [3.8, 4) is 0 Å². The fraction of sp³-hybridized carbons (Fsp3) is 0.250. The van der Waals surface area contributed by atoms with E-state index in [0.29, 0.717) is 0 Å². The monoisotopic (exact) mass is 221 g/mol. The molecule has 1 aromatic heterocycles. The summed E-state index contributed by atoms with van der Waals surface area (Å²) in [4.78, 5) is 0. The summed E-state index contributed by atoms with van der Waals surface area (Å²) < 4.78 is 5.10. The van der Waals surface area contributed by atoms with Gasteiger partial charge in [0.25, 0.3) is 0 Å². The summed E-state index contributed by atoms with van der Waals surface area (Å²) in [6, 6.07) is 9.93. The van der Waals surface area contributed by atoms with Crippen LogP contribution in [0.25, 0.3) is 0 Å². The Hall–Kier alpha value is -1.28. The van der Waals surface area contributed by atoms with Crippen molar-refractivity contribution in [2.45, 2.75) is 19.2 Å². The number of hydrogen-bond acceptors (Lipinski definition) is 2. The minimum atomic E-state index is -0.183. The Morgan fingerprint density at radius 1 is 1.20 bits per heavy atom. The molecule has 1 heterocycles. The summed E-state index contributed by atoms with van der Waals surface area (Å²) >= 11 is 6.38. The summed E-state index contributed by atoms with van der Waals surface area (Å²) in [7, 11) is 0. The zero-order valence-electron chi connectivity index (χ0n) is 8.70. The first-order valence-corrected chi connectivity index (χ1v) is 5.25. The van der Waals surface area contributed by atoms with Crippen LogP contribution in [0.5, 0.6) is 0 Å². The van der Waals surface area contributed by atoms with Gasteiger partial charge >= 0.3 is 0 Å². The molecule has 0 aliphatic heterocycles. The Labute approximate surface area is 93.9 Å². The molecular formula is C12H12ClNO. The molecule has 0 fully saturated rings. The van der Waals surface area contributed by atoms with Crippen molar-refractivity contribution >= 4 is 11.6 Å². The fourth-order valence-corrected chi connectivity index (χ4v) is 2.10. The number of nitrogens with zero attached hydrogens (tertiary/aromatic N) is 1. The van der Waals surface area contributed by atoms with Crippen molar-refractivity contribution in [1.82, 2.24) is 5.16 Å². The number of rotatable bonds is 2. The Bertz CT molecular complexity index is 430. The SMILES string of the molecule is Cc1noc(C)c1C(Cl)c1ccccc1. The van der Waals surface area contributed by atoms with Gasteiger partial charge in [0.2, 0.25) is 0 Å². The van der Waals surface area contributed by atoms with Crippen molar-refractivity contribution < 1.29 is 4.52 Å². The highest BCUT2D eigenvalue weighted by atomic mass is 35.5. The van der Waals surface area contributed by atoms with E-state index in [1.54, 1.807) is 0 Å². The number of hydrogen-bond donors (Lipinski definition) is 0. The van der Waals surface area contributed by atoms with Crippen LogP contribution in [0.15, 0.2) is 34.9 Å². The Morgan fingerprint density at radius 2 is 1.87 bits per heavy atom. The van der Waals surface area contributed by atoms with Gasteiger partial charge in [-0.2, -0.15) is 0 Å². The molecule has 3 heteroatoms. The van der Waals surface area contributed by atoms with Gasteiger partial charge in [-0.15, -0.1) is 11.6 Å². The molecule has 0 bridgehead atoms. The third-order valence-electron chi connectivity index (χ3n) is 2.43. The maximum Gasteiger partial charge on any atom is 0.138 e. The Kier molecular flexibility index (Phi) is 2.78. The predicted octanol–water partition coefficient (Wildman–Crippen LogP) is 3.62. The van der Waals surface area contributed by atoms with Crippen LogP contribution in [0.4, 0.5) is 0 Å². The largest absolute Gasteiger partial charge is 0.361 e. The zero-order valence-corrected chi connectivity index (χ0v) is 9.45. The van der Waals surface area contributed by atoms with Crippen LogP contribution in [-0.2, 0) is 0 Å². The first kappa shape index (κ1) is 10.2. The third kappa shape index (κ3) is 1.90. The summed E-state index contributed by atoms with van der Waals surface area (Å²) in [6.45, 7) is 3.79. The number of aryl methyl sites for hydroxylation is 2. The molecule has 15 heavy (non-hydrogen) atoms. The highest BCUT2D eigenvalue weighted by Gasteiger charge is 2.19. The summed E-state index contributed by atoms with van der Waals surface area (Å²) in [5.74, 6) is 0.788. The molecule has 2 nitrogen and oxygen atoms in total. The third-order valence-corrected chi connectivity index (χ3v) is 2.90. The van der Waals surface area contributed by atoms with Gasteiger partial charge in [0.15, 0.2) is 0 Å². The van der Waals surface area contributed by atoms with Crippen LogP contribution in [0, 0.1) is 13.8 Å². The van der Waals surface area contributed by atoms with E-state index in [-0.39, 0.29) is 5.38 Å². The van der Waals surface area contributed by atoms with E-state index in [9.17, 15) is 0 Å². The van der Waals surface area contributed by atoms with Crippen molar-refractivity contribution in [3.05, 3.63) is 52.9 Å². The lowest BCUT2D eigenvalue weighted by Gasteiger charge is -2.08. The molecule has 0 aliphatic rings. The van der Waals surface area contributed by atoms with Gasteiger partial charge in [-0.3, -0.25) is 0 Å². The van der Waals surface area contributed by atoms with Crippen LogP contribution < -0.4 is 0 Å². The van der Waals surface area contributed by atoms with Crippen LogP contribution in [0.3, 0.4) is 0 Å². The molecule has 0 spiro atoms. The topological polar surface area (TPSA) is 26.0 Å². The average Bonchev–Trinajstić information content (AvgIpc) is 2.59. The van der Waals surface area contributed by atoms with Crippen LogP contribution in [-0.4, -0.2) is 5.16 Å². The van der Waals surface area contributed by atoms with Crippen molar-refractivity contribution in [2.75, 3.05) is 0 Å². The van der Waals surface area contributed by atoms with E-state index in [4.69, 9.17) is 16.1 Å². The van der Waals surface area contributed by atoms with E-state index in [1.165, 1.54) is 0 Å². The van der Waals surface area contributed by atoms with E-state index in [0.717, 1.165) is 22.6 Å². The molecule has 0 saturated carbocycles. The van der Waals surface area contributed by atoms with E-state index < -0.39 is 0 Å². The first-order valence-electron chi connectivity index (χ1n) is 4.82. The molecule has 0 aliphatic carbocycles. The lowest BCUT2D eigenvalue weighted by molar-refractivity contribution is 0.392. The molecule has 1 atom stereocenters. The second-order valence-corrected chi connectivity index (χ2v) is 3.95. The van der Waals surface area contributed by atoms with Crippen LogP contribution >= 0.6 is 11.6 Å². The number of alkyl halides is 1. The highest BCUT2D eigenvalue weighted by molar-refractivity contribution is 6.22. The van der Waals surface area contributed by atoms with Gasteiger partial charge in [-0.05, 0) is 19.4 Å². The first-order chi connectivity index (χ1) is 7.20. The predicted molar refractivity (Wildman–Crippen MR) is 60.1 cm³/mol. The van der Waals surface area contributed by atoms with E-state index >= 15 is 0 Å². The van der Waals surface area contributed by atoms with Gasteiger partial charge in [0, 0.05) is 5.56 Å². The summed E-state index contributed by atoms with van der Waals surface area (Å²) in [6.07, 6.45) is 0. The minimum Gasteiger partial charge on any atom is -0.361 e. The second-order valence-electron chi connectivity index (χ2n) is 3.51. The van der Waals surface area contributed by atoms with Gasteiger partial charge in [-0.25, -0.2) is 0 Å². The molecule has 0 amide bonds. The van der Waals surface area contributed by atoms with E-state index in [2.05, 4.69) is 5.16 Å². The lowest BCUT2D eigenvalue weighted by atomic mass is 10.0. The highest BCUT2D eigenvalue weighted by Crippen LogP contribution is 2.32. The lowest BCUT2D eigenvalue weighted by Crippen LogP contribution is -1.95. The molecular weight excluding hydrogens is 210 g/mol. The minimum absolute atomic E-state index is 0.183. The summed E-state index contributed by atoms with van der Waals surface area (Å²) in [5, 5.41) is 3.72.